The van der Waals surface area contributed by atoms with Crippen molar-refractivity contribution in [2.75, 3.05) is 0 Å². The van der Waals surface area contributed by atoms with Gasteiger partial charge < -0.3 is 14.8 Å². The first-order chi connectivity index (χ1) is 9.45. The Morgan fingerprint density at radius 1 is 1.35 bits per heavy atom. The molecule has 2 N–H and O–H groups in total. The van der Waals surface area contributed by atoms with Crippen LogP contribution in [0.25, 0.3) is 0 Å². The first kappa shape index (κ1) is 16.3. The van der Waals surface area contributed by atoms with Crippen LogP contribution in [0, 0.1) is 5.92 Å². The van der Waals surface area contributed by atoms with Crippen molar-refractivity contribution in [3.8, 4) is 0 Å². The quantitative estimate of drug-likeness (QED) is 0.768. The summed E-state index contributed by atoms with van der Waals surface area (Å²) in [6.45, 7) is 5.56. The van der Waals surface area contributed by atoms with Gasteiger partial charge in [-0.3, -0.25) is 9.59 Å². The molecule has 1 aromatic heterocycles. The zero-order chi connectivity index (χ0) is 15.1. The molecule has 20 heavy (non-hydrogen) atoms. The first-order valence-electron chi connectivity index (χ1n) is 7.05. The van der Waals surface area contributed by atoms with Crippen LogP contribution in [0.3, 0.4) is 0 Å². The number of aryl methyl sites for hydroxylation is 1. The molecule has 1 rings (SSSR count). The van der Waals surface area contributed by atoms with E-state index in [2.05, 4.69) is 5.32 Å². The van der Waals surface area contributed by atoms with Gasteiger partial charge in [-0.1, -0.05) is 20.3 Å². The summed E-state index contributed by atoms with van der Waals surface area (Å²) in [6.07, 6.45) is 4.37. The molecule has 5 nitrogen and oxygen atoms in total. The lowest BCUT2D eigenvalue weighted by molar-refractivity contribution is -0.141. The van der Waals surface area contributed by atoms with Crippen LogP contribution in [0.15, 0.2) is 16.7 Å². The van der Waals surface area contributed by atoms with E-state index in [9.17, 15) is 9.59 Å². The number of amides is 1. The average Bonchev–Trinajstić information content (AvgIpc) is 2.86. The fourth-order valence-corrected chi connectivity index (χ4v) is 2.04. The summed E-state index contributed by atoms with van der Waals surface area (Å²) in [7, 11) is 0. The van der Waals surface area contributed by atoms with Crippen molar-refractivity contribution < 1.29 is 19.1 Å². The lowest BCUT2D eigenvalue weighted by Crippen LogP contribution is -2.32. The topological polar surface area (TPSA) is 79.5 Å². The number of carbonyl (C=O) groups is 2. The van der Waals surface area contributed by atoms with Crippen LogP contribution < -0.4 is 5.32 Å². The largest absolute Gasteiger partial charge is 0.481 e. The highest BCUT2D eigenvalue weighted by Gasteiger charge is 2.16. The summed E-state index contributed by atoms with van der Waals surface area (Å²) in [5, 5.41) is 11.7. The van der Waals surface area contributed by atoms with Crippen molar-refractivity contribution in [1.29, 1.82) is 0 Å². The molecule has 1 aromatic rings. The Morgan fingerprint density at radius 3 is 2.65 bits per heavy atom. The van der Waals surface area contributed by atoms with E-state index >= 15 is 0 Å². The number of furan rings is 1. The molecular weight excluding hydrogens is 258 g/mol. The Balaban J connectivity index is 2.37. The van der Waals surface area contributed by atoms with E-state index in [4.69, 9.17) is 9.52 Å². The SMILES string of the molecule is CCc1occc1C(=O)NC(C)CCCC(C)C(=O)O. The van der Waals surface area contributed by atoms with E-state index in [1.807, 2.05) is 13.8 Å². The van der Waals surface area contributed by atoms with Gasteiger partial charge in [0, 0.05) is 12.5 Å². The summed E-state index contributed by atoms with van der Waals surface area (Å²) in [5.74, 6) is -0.547. The van der Waals surface area contributed by atoms with E-state index in [1.165, 1.54) is 6.26 Å². The minimum atomic E-state index is -0.771. The minimum absolute atomic E-state index is 0.0168. The maximum absolute atomic E-state index is 12.0. The Hall–Kier alpha value is -1.78. The molecule has 0 saturated carbocycles. The molecule has 2 atom stereocenters. The van der Waals surface area contributed by atoms with Gasteiger partial charge in [0.25, 0.3) is 5.91 Å². The van der Waals surface area contributed by atoms with Gasteiger partial charge in [-0.2, -0.15) is 0 Å². The van der Waals surface area contributed by atoms with Crippen molar-refractivity contribution in [1.82, 2.24) is 5.32 Å². The van der Waals surface area contributed by atoms with Gasteiger partial charge in [0.05, 0.1) is 17.7 Å². The number of hydrogen-bond donors (Lipinski definition) is 2. The number of aliphatic carboxylic acids is 1. The fourth-order valence-electron chi connectivity index (χ4n) is 2.04. The van der Waals surface area contributed by atoms with Gasteiger partial charge in [-0.05, 0) is 25.8 Å². The lowest BCUT2D eigenvalue weighted by Gasteiger charge is -2.14. The van der Waals surface area contributed by atoms with E-state index in [1.54, 1.807) is 13.0 Å². The molecule has 0 spiro atoms. The van der Waals surface area contributed by atoms with Crippen molar-refractivity contribution in [3.63, 3.8) is 0 Å². The molecule has 0 aliphatic rings. The molecule has 0 radical (unpaired) electrons. The highest BCUT2D eigenvalue weighted by Crippen LogP contribution is 2.13. The van der Waals surface area contributed by atoms with Crippen molar-refractivity contribution in [2.45, 2.75) is 52.5 Å². The molecule has 0 fully saturated rings. The number of nitrogens with one attached hydrogen (secondary N) is 1. The number of rotatable bonds is 8. The highest BCUT2D eigenvalue weighted by molar-refractivity contribution is 5.95. The maximum Gasteiger partial charge on any atom is 0.306 e. The highest BCUT2D eigenvalue weighted by atomic mass is 16.4. The average molecular weight is 281 g/mol. The third-order valence-corrected chi connectivity index (χ3v) is 3.38. The summed E-state index contributed by atoms with van der Waals surface area (Å²) in [5.41, 5.74) is 0.582. The summed E-state index contributed by atoms with van der Waals surface area (Å²) in [6, 6.07) is 1.69. The van der Waals surface area contributed by atoms with E-state index in [0.29, 0.717) is 24.2 Å². The molecule has 5 heteroatoms. The Bertz CT molecular complexity index is 452. The molecule has 0 saturated heterocycles. The number of carboxylic acids is 1. The zero-order valence-electron chi connectivity index (χ0n) is 12.3. The predicted octanol–water partition coefficient (Wildman–Crippen LogP) is 2.85. The van der Waals surface area contributed by atoms with Crippen LogP contribution in [0.2, 0.25) is 0 Å². The van der Waals surface area contributed by atoms with Gasteiger partial charge in [-0.25, -0.2) is 0 Å². The maximum atomic E-state index is 12.0. The number of carbonyl (C=O) groups excluding carboxylic acids is 1. The van der Waals surface area contributed by atoms with Crippen molar-refractivity contribution >= 4 is 11.9 Å². The third kappa shape index (κ3) is 4.72. The van der Waals surface area contributed by atoms with Crippen LogP contribution in [0.1, 0.15) is 56.2 Å². The summed E-state index contributed by atoms with van der Waals surface area (Å²) >= 11 is 0. The van der Waals surface area contributed by atoms with E-state index < -0.39 is 5.97 Å². The van der Waals surface area contributed by atoms with Crippen LogP contribution in [-0.4, -0.2) is 23.0 Å². The monoisotopic (exact) mass is 281 g/mol. The van der Waals surface area contributed by atoms with E-state index in [0.717, 1.165) is 12.8 Å². The van der Waals surface area contributed by atoms with Crippen LogP contribution in [0.5, 0.6) is 0 Å². The van der Waals surface area contributed by atoms with Crippen molar-refractivity contribution in [3.05, 3.63) is 23.7 Å². The second-order valence-electron chi connectivity index (χ2n) is 5.16. The molecule has 0 aromatic carbocycles. The van der Waals surface area contributed by atoms with Crippen LogP contribution in [-0.2, 0) is 11.2 Å². The van der Waals surface area contributed by atoms with Gasteiger partial charge in [0.2, 0.25) is 0 Å². The second-order valence-corrected chi connectivity index (χ2v) is 5.16. The fraction of sp³-hybridized carbons (Fsp3) is 0.600. The first-order valence-corrected chi connectivity index (χ1v) is 7.05. The molecule has 1 amide bonds. The molecule has 112 valence electrons. The van der Waals surface area contributed by atoms with Gasteiger partial charge in [-0.15, -0.1) is 0 Å². The zero-order valence-corrected chi connectivity index (χ0v) is 12.3. The van der Waals surface area contributed by atoms with Gasteiger partial charge >= 0.3 is 5.97 Å². The standard InChI is InChI=1S/C15H23NO4/c1-4-13-12(8-9-20-13)14(17)16-11(3)7-5-6-10(2)15(18)19/h8-11H,4-7H2,1-3H3,(H,16,17)(H,18,19). The normalized spacial score (nSPS) is 13.8. The Labute approximate surface area is 119 Å². The molecule has 2 unspecified atom stereocenters. The summed E-state index contributed by atoms with van der Waals surface area (Å²) in [4.78, 5) is 22.7. The predicted molar refractivity (Wildman–Crippen MR) is 75.7 cm³/mol. The van der Waals surface area contributed by atoms with Crippen LogP contribution in [0.4, 0.5) is 0 Å². The van der Waals surface area contributed by atoms with Gasteiger partial charge in [0.15, 0.2) is 0 Å². The Morgan fingerprint density at radius 2 is 2.05 bits per heavy atom. The van der Waals surface area contributed by atoms with Crippen LogP contribution >= 0.6 is 0 Å². The Kier molecular flexibility index (Phi) is 6.28. The van der Waals surface area contributed by atoms with E-state index in [-0.39, 0.29) is 17.9 Å². The minimum Gasteiger partial charge on any atom is -0.481 e. The third-order valence-electron chi connectivity index (χ3n) is 3.38. The number of hydrogen-bond acceptors (Lipinski definition) is 3. The van der Waals surface area contributed by atoms with Crippen molar-refractivity contribution in [2.24, 2.45) is 5.92 Å². The summed E-state index contributed by atoms with van der Waals surface area (Å²) < 4.78 is 5.23. The molecule has 0 aliphatic carbocycles. The molecular formula is C15H23NO4. The number of carboxylic acid groups (broad SMARTS) is 1. The molecule has 0 bridgehead atoms. The molecule has 0 aliphatic heterocycles. The molecule has 1 heterocycles. The second kappa shape index (κ2) is 7.72. The smallest absolute Gasteiger partial charge is 0.306 e. The lowest BCUT2D eigenvalue weighted by atomic mass is 10.0. The van der Waals surface area contributed by atoms with Gasteiger partial charge in [0.1, 0.15) is 5.76 Å².